The number of aliphatic imine (C=N–C) groups is 1. The Balaban J connectivity index is 1.41. The highest BCUT2D eigenvalue weighted by atomic mass is 19.4. The first-order valence-electron chi connectivity index (χ1n) is 10.7. The van der Waals surface area contributed by atoms with Crippen LogP contribution in [0.25, 0.3) is 11.1 Å². The third-order valence-electron chi connectivity index (χ3n) is 5.96. The van der Waals surface area contributed by atoms with Crippen LogP contribution in [0.1, 0.15) is 12.5 Å². The van der Waals surface area contributed by atoms with Crippen molar-refractivity contribution in [3.05, 3.63) is 77.9 Å². The first-order chi connectivity index (χ1) is 16.8. The lowest BCUT2D eigenvalue weighted by molar-refractivity contribution is -0.137. The number of fused-ring (bicyclic) bond motifs is 3. The molecule has 4 heterocycles. The normalized spacial score (nSPS) is 20.3. The lowest BCUT2D eigenvalue weighted by Crippen LogP contribution is -2.51. The third kappa shape index (κ3) is 3.51. The monoisotopic (exact) mass is 480 g/mol. The van der Waals surface area contributed by atoms with Gasteiger partial charge in [0.25, 0.3) is 0 Å². The molecule has 11 heteroatoms. The molecule has 1 aromatic heterocycles. The van der Waals surface area contributed by atoms with Gasteiger partial charge in [0.05, 0.1) is 16.9 Å². The molecule has 3 aliphatic rings. The summed E-state index contributed by atoms with van der Waals surface area (Å²) in [5.74, 6) is -0.204. The number of aromatic nitrogens is 1. The van der Waals surface area contributed by atoms with Crippen LogP contribution in [0.2, 0.25) is 0 Å². The Morgan fingerprint density at radius 1 is 1.09 bits per heavy atom. The molecule has 1 atom stereocenters. The molecular formula is C24H19F3N6O2. The van der Waals surface area contributed by atoms with Crippen molar-refractivity contribution in [2.24, 2.45) is 4.99 Å². The van der Waals surface area contributed by atoms with Gasteiger partial charge in [0.2, 0.25) is 0 Å². The second-order valence-corrected chi connectivity index (χ2v) is 8.20. The van der Waals surface area contributed by atoms with E-state index >= 15 is 0 Å². The van der Waals surface area contributed by atoms with Crippen LogP contribution >= 0.6 is 0 Å². The van der Waals surface area contributed by atoms with E-state index in [2.05, 4.69) is 26.1 Å². The topological polar surface area (TPSA) is 83.0 Å². The summed E-state index contributed by atoms with van der Waals surface area (Å²) < 4.78 is 47.6. The molecule has 1 unspecified atom stereocenters. The van der Waals surface area contributed by atoms with E-state index in [1.807, 2.05) is 25.1 Å². The molecule has 3 N–H and O–H groups in total. The summed E-state index contributed by atoms with van der Waals surface area (Å²) in [6.45, 7) is 2.22. The molecule has 0 radical (unpaired) electrons. The summed E-state index contributed by atoms with van der Waals surface area (Å²) in [6.07, 6.45) is -0.0465. The van der Waals surface area contributed by atoms with E-state index < -0.39 is 17.7 Å². The third-order valence-corrected chi connectivity index (χ3v) is 5.96. The Morgan fingerprint density at radius 3 is 2.71 bits per heavy atom. The highest BCUT2D eigenvalue weighted by Gasteiger charge is 2.50. The van der Waals surface area contributed by atoms with Crippen LogP contribution in [-0.2, 0) is 11.0 Å². The Morgan fingerprint density at radius 2 is 1.91 bits per heavy atom. The molecule has 0 saturated carbocycles. The lowest BCUT2D eigenvalue weighted by atomic mass is 9.99. The summed E-state index contributed by atoms with van der Waals surface area (Å²) in [7, 11) is 0. The van der Waals surface area contributed by atoms with Gasteiger partial charge in [-0.1, -0.05) is 6.07 Å². The molecule has 1 saturated heterocycles. The number of hydrogen-bond donors (Lipinski definition) is 3. The SMILES string of the molecule is CC1=C2NOC(Nc3ccc(-c4ccncc4)c(C(F)(F)F)c3)(N=C1)N2c1ccc2c(c1)NCO2. The Kier molecular flexibility index (Phi) is 4.65. The van der Waals surface area contributed by atoms with Gasteiger partial charge in [-0.05, 0) is 60.5 Å². The molecule has 1 fully saturated rings. The molecule has 0 spiro atoms. The number of hydrogen-bond acceptors (Lipinski definition) is 8. The summed E-state index contributed by atoms with van der Waals surface area (Å²) in [6, 6.07) is 12.7. The van der Waals surface area contributed by atoms with Crippen molar-refractivity contribution in [3.8, 4) is 16.9 Å². The first-order valence-corrected chi connectivity index (χ1v) is 10.7. The fourth-order valence-electron chi connectivity index (χ4n) is 4.31. The number of halogens is 3. The number of allylic oxidation sites excluding steroid dienone is 1. The van der Waals surface area contributed by atoms with E-state index in [4.69, 9.17) is 9.57 Å². The molecule has 2 aromatic carbocycles. The Hall–Kier alpha value is -4.25. The minimum Gasteiger partial charge on any atom is -0.471 e. The first kappa shape index (κ1) is 21.3. The van der Waals surface area contributed by atoms with Crippen LogP contribution in [0.3, 0.4) is 0 Å². The Labute approximate surface area is 198 Å². The van der Waals surface area contributed by atoms with Gasteiger partial charge < -0.3 is 15.4 Å². The zero-order valence-electron chi connectivity index (χ0n) is 18.3. The molecule has 3 aromatic rings. The number of nitrogens with one attached hydrogen (secondary N) is 3. The smallest absolute Gasteiger partial charge is 0.417 e. The number of pyridine rings is 1. The summed E-state index contributed by atoms with van der Waals surface area (Å²) >= 11 is 0. The van der Waals surface area contributed by atoms with Crippen molar-refractivity contribution in [2.75, 3.05) is 22.3 Å². The van der Waals surface area contributed by atoms with Gasteiger partial charge in [-0.15, -0.1) is 0 Å². The maximum Gasteiger partial charge on any atom is 0.417 e. The van der Waals surface area contributed by atoms with Gasteiger partial charge in [-0.2, -0.15) is 13.2 Å². The van der Waals surface area contributed by atoms with Crippen LogP contribution in [0.5, 0.6) is 5.75 Å². The van der Waals surface area contributed by atoms with E-state index in [-0.39, 0.29) is 11.3 Å². The van der Waals surface area contributed by atoms with E-state index in [1.54, 1.807) is 29.3 Å². The fourth-order valence-corrected chi connectivity index (χ4v) is 4.31. The zero-order chi connectivity index (χ0) is 24.2. The molecule has 6 rings (SSSR count). The number of ether oxygens (including phenoxy) is 1. The number of anilines is 3. The van der Waals surface area contributed by atoms with Crippen LogP contribution < -0.4 is 25.8 Å². The predicted molar refractivity (Wildman–Crippen MR) is 124 cm³/mol. The van der Waals surface area contributed by atoms with Gasteiger partial charge in [-0.3, -0.25) is 9.88 Å². The van der Waals surface area contributed by atoms with Crippen LogP contribution in [-0.4, -0.2) is 23.9 Å². The molecular weight excluding hydrogens is 461 g/mol. The van der Waals surface area contributed by atoms with Gasteiger partial charge in [0.1, 0.15) is 11.6 Å². The van der Waals surface area contributed by atoms with Gasteiger partial charge in [-0.25, -0.2) is 15.3 Å². The van der Waals surface area contributed by atoms with Gasteiger partial charge >= 0.3 is 12.1 Å². The van der Waals surface area contributed by atoms with E-state index in [9.17, 15) is 13.2 Å². The molecule has 0 aliphatic carbocycles. The lowest BCUT2D eigenvalue weighted by Gasteiger charge is -2.36. The summed E-state index contributed by atoms with van der Waals surface area (Å²) in [5, 5.41) is 6.19. The van der Waals surface area contributed by atoms with Crippen LogP contribution in [0.15, 0.2) is 77.3 Å². The van der Waals surface area contributed by atoms with Crippen molar-refractivity contribution >= 4 is 23.3 Å². The summed E-state index contributed by atoms with van der Waals surface area (Å²) in [4.78, 5) is 16.0. The molecule has 2 bridgehead atoms. The van der Waals surface area contributed by atoms with Crippen molar-refractivity contribution in [3.63, 3.8) is 0 Å². The molecule has 8 nitrogen and oxygen atoms in total. The van der Waals surface area contributed by atoms with E-state index in [0.717, 1.165) is 17.3 Å². The highest BCUT2D eigenvalue weighted by molar-refractivity contribution is 5.85. The number of benzene rings is 2. The van der Waals surface area contributed by atoms with Crippen molar-refractivity contribution in [2.45, 2.75) is 19.1 Å². The highest BCUT2D eigenvalue weighted by Crippen LogP contribution is 2.43. The van der Waals surface area contributed by atoms with Gasteiger partial charge in [0.15, 0.2) is 6.73 Å². The predicted octanol–water partition coefficient (Wildman–Crippen LogP) is 4.91. The summed E-state index contributed by atoms with van der Waals surface area (Å²) in [5.41, 5.74) is 5.04. The maximum absolute atomic E-state index is 14.0. The second-order valence-electron chi connectivity index (χ2n) is 8.20. The largest absolute Gasteiger partial charge is 0.471 e. The molecule has 3 aliphatic heterocycles. The average Bonchev–Trinajstić information content (AvgIpc) is 3.43. The quantitative estimate of drug-likeness (QED) is 0.490. The standard InChI is InChI=1S/C24H19F3N6O2/c1-14-12-30-24(33(22(14)32-35-24)17-3-5-21-20(11-17)29-13-34-21)31-16-2-4-18(15-6-8-28-9-7-15)19(10-16)23(25,26)27/h2-12,29,31-32H,13H2,1H3. The minimum atomic E-state index is -4.58. The Bertz CT molecular complexity index is 1380. The molecule has 35 heavy (non-hydrogen) atoms. The average molecular weight is 480 g/mol. The number of nitrogens with zero attached hydrogens (tertiary/aromatic N) is 3. The molecule has 178 valence electrons. The van der Waals surface area contributed by atoms with Crippen LogP contribution in [0, 0.1) is 0 Å². The van der Waals surface area contributed by atoms with E-state index in [0.29, 0.717) is 29.6 Å². The van der Waals surface area contributed by atoms with Crippen molar-refractivity contribution < 1.29 is 22.7 Å². The number of hydroxylamine groups is 1. The van der Waals surface area contributed by atoms with Crippen molar-refractivity contribution in [1.82, 2.24) is 10.5 Å². The van der Waals surface area contributed by atoms with Gasteiger partial charge in [0, 0.05) is 29.9 Å². The van der Waals surface area contributed by atoms with E-state index in [1.165, 1.54) is 18.5 Å². The fraction of sp³-hybridized carbons (Fsp3) is 0.167. The number of rotatable bonds is 4. The second kappa shape index (κ2) is 7.64. The van der Waals surface area contributed by atoms with Crippen LogP contribution in [0.4, 0.5) is 30.2 Å². The maximum atomic E-state index is 14.0. The zero-order valence-corrected chi connectivity index (χ0v) is 18.3. The molecule has 0 amide bonds. The minimum absolute atomic E-state index is 0.0542. The number of alkyl halides is 3. The van der Waals surface area contributed by atoms with Crippen molar-refractivity contribution in [1.29, 1.82) is 0 Å².